The largest absolute Gasteiger partial charge is 0.381 e. The summed E-state index contributed by atoms with van der Waals surface area (Å²) in [5.74, 6) is 6.83. The zero-order chi connectivity index (χ0) is 12.8. The van der Waals surface area contributed by atoms with E-state index in [-0.39, 0.29) is 11.9 Å². The van der Waals surface area contributed by atoms with Crippen LogP contribution in [0.4, 0.5) is 4.39 Å². The van der Waals surface area contributed by atoms with Crippen molar-refractivity contribution < 1.29 is 9.13 Å². The Bertz CT molecular complexity index is 372. The minimum absolute atomic E-state index is 0.191. The van der Waals surface area contributed by atoms with Gasteiger partial charge in [-0.15, -0.1) is 11.8 Å². The molecule has 1 atom stereocenters. The quantitative estimate of drug-likeness (QED) is 0.489. The average molecular weight is 270 g/mol. The van der Waals surface area contributed by atoms with E-state index in [1.807, 2.05) is 6.07 Å². The first-order chi connectivity index (χ1) is 8.79. The Balaban J connectivity index is 1.86. The lowest BCUT2D eigenvalue weighted by Crippen LogP contribution is -2.44. The Morgan fingerprint density at radius 3 is 2.89 bits per heavy atom. The molecule has 0 aromatic heterocycles. The van der Waals surface area contributed by atoms with Crippen molar-refractivity contribution in [3.05, 3.63) is 30.1 Å². The van der Waals surface area contributed by atoms with Crippen LogP contribution in [0.25, 0.3) is 0 Å². The summed E-state index contributed by atoms with van der Waals surface area (Å²) in [7, 11) is 0. The van der Waals surface area contributed by atoms with Gasteiger partial charge in [0.25, 0.3) is 0 Å². The van der Waals surface area contributed by atoms with Crippen LogP contribution in [0.5, 0.6) is 0 Å². The maximum Gasteiger partial charge on any atom is 0.124 e. The van der Waals surface area contributed by atoms with Gasteiger partial charge in [0.2, 0.25) is 0 Å². The molecule has 0 saturated carbocycles. The van der Waals surface area contributed by atoms with Gasteiger partial charge in [0.05, 0.1) is 0 Å². The van der Waals surface area contributed by atoms with Gasteiger partial charge < -0.3 is 4.74 Å². The van der Waals surface area contributed by atoms with E-state index in [2.05, 4.69) is 5.43 Å². The molecule has 0 amide bonds. The van der Waals surface area contributed by atoms with Crippen molar-refractivity contribution in [1.82, 2.24) is 5.43 Å². The molecular weight excluding hydrogens is 251 g/mol. The molecule has 1 aliphatic heterocycles. The fraction of sp³-hybridized carbons (Fsp3) is 0.538. The Labute approximate surface area is 111 Å². The predicted octanol–water partition coefficient (Wildman–Crippen LogP) is 2.18. The minimum Gasteiger partial charge on any atom is -0.381 e. The van der Waals surface area contributed by atoms with Gasteiger partial charge in [0.1, 0.15) is 5.82 Å². The fourth-order valence-corrected chi connectivity index (χ4v) is 3.29. The van der Waals surface area contributed by atoms with Crippen molar-refractivity contribution in [2.75, 3.05) is 19.0 Å². The van der Waals surface area contributed by atoms with Gasteiger partial charge >= 0.3 is 0 Å². The summed E-state index contributed by atoms with van der Waals surface area (Å²) in [5, 5.41) is 0. The second-order valence-corrected chi connectivity index (χ2v) is 5.58. The third kappa shape index (κ3) is 3.95. The number of thioether (sulfide) groups is 1. The number of benzene rings is 1. The van der Waals surface area contributed by atoms with E-state index in [4.69, 9.17) is 10.6 Å². The molecular formula is C13H19FN2OS. The number of hydrogen-bond donors (Lipinski definition) is 2. The molecule has 100 valence electrons. The van der Waals surface area contributed by atoms with Gasteiger partial charge in [0.15, 0.2) is 0 Å². The lowest BCUT2D eigenvalue weighted by Gasteiger charge is -2.29. The van der Waals surface area contributed by atoms with Crippen LogP contribution >= 0.6 is 11.8 Å². The lowest BCUT2D eigenvalue weighted by atomic mass is 9.93. The summed E-state index contributed by atoms with van der Waals surface area (Å²) in [6.07, 6.45) is 2.08. The number of nitrogens with one attached hydrogen (secondary N) is 1. The molecule has 5 heteroatoms. The van der Waals surface area contributed by atoms with Crippen molar-refractivity contribution in [3.8, 4) is 0 Å². The maximum absolute atomic E-state index is 13.1. The highest BCUT2D eigenvalue weighted by molar-refractivity contribution is 7.99. The van der Waals surface area contributed by atoms with Crippen LogP contribution in [-0.2, 0) is 4.74 Å². The van der Waals surface area contributed by atoms with Crippen molar-refractivity contribution in [2.24, 2.45) is 11.8 Å². The van der Waals surface area contributed by atoms with Crippen LogP contribution in [0.15, 0.2) is 29.2 Å². The van der Waals surface area contributed by atoms with Gasteiger partial charge in [-0.05, 0) is 37.0 Å². The van der Waals surface area contributed by atoms with Crippen molar-refractivity contribution >= 4 is 11.8 Å². The Morgan fingerprint density at radius 1 is 1.44 bits per heavy atom. The molecule has 1 saturated heterocycles. The van der Waals surface area contributed by atoms with E-state index in [9.17, 15) is 4.39 Å². The molecule has 3 N–H and O–H groups in total. The molecule has 0 aliphatic carbocycles. The summed E-state index contributed by atoms with van der Waals surface area (Å²) in [6, 6.07) is 6.92. The molecule has 0 bridgehead atoms. The van der Waals surface area contributed by atoms with E-state index in [1.165, 1.54) is 6.07 Å². The summed E-state index contributed by atoms with van der Waals surface area (Å²) in [5.41, 5.74) is 2.89. The van der Waals surface area contributed by atoms with E-state index in [0.29, 0.717) is 5.92 Å². The molecule has 2 rings (SSSR count). The highest BCUT2D eigenvalue weighted by atomic mass is 32.2. The first kappa shape index (κ1) is 13.8. The Kier molecular flexibility index (Phi) is 5.44. The Hall–Kier alpha value is -0.620. The van der Waals surface area contributed by atoms with E-state index >= 15 is 0 Å². The summed E-state index contributed by atoms with van der Waals surface area (Å²) in [4.78, 5) is 0.947. The molecule has 1 aliphatic rings. The first-order valence-corrected chi connectivity index (χ1v) is 7.20. The van der Waals surface area contributed by atoms with Gasteiger partial charge in [-0.2, -0.15) is 0 Å². The molecule has 18 heavy (non-hydrogen) atoms. The van der Waals surface area contributed by atoms with Crippen LogP contribution in [0.2, 0.25) is 0 Å². The smallest absolute Gasteiger partial charge is 0.124 e. The summed E-state index contributed by atoms with van der Waals surface area (Å²) < 4.78 is 18.4. The third-order valence-corrected chi connectivity index (χ3v) is 4.39. The van der Waals surface area contributed by atoms with Crippen LogP contribution in [-0.4, -0.2) is 25.0 Å². The van der Waals surface area contributed by atoms with Crippen molar-refractivity contribution in [3.63, 3.8) is 0 Å². The van der Waals surface area contributed by atoms with E-state index in [0.717, 1.165) is 36.7 Å². The molecule has 1 aromatic carbocycles. The van der Waals surface area contributed by atoms with Crippen LogP contribution in [0, 0.1) is 11.7 Å². The van der Waals surface area contributed by atoms with Crippen LogP contribution in [0.1, 0.15) is 12.8 Å². The second kappa shape index (κ2) is 7.09. The van der Waals surface area contributed by atoms with E-state index in [1.54, 1.807) is 23.9 Å². The third-order valence-electron chi connectivity index (χ3n) is 3.27. The lowest BCUT2D eigenvalue weighted by molar-refractivity contribution is 0.0566. The standard InChI is InChI=1S/C13H19FN2OS/c14-11-2-1-3-12(8-11)18-9-13(16-15)10-4-6-17-7-5-10/h1-3,8,10,13,16H,4-7,9,15H2. The number of hydrogen-bond acceptors (Lipinski definition) is 4. The molecule has 1 unspecified atom stereocenters. The van der Waals surface area contributed by atoms with Gasteiger partial charge in [-0.1, -0.05) is 6.07 Å². The molecule has 1 fully saturated rings. The number of hydrazine groups is 1. The molecule has 1 heterocycles. The monoisotopic (exact) mass is 270 g/mol. The maximum atomic E-state index is 13.1. The summed E-state index contributed by atoms with van der Waals surface area (Å²) >= 11 is 1.64. The van der Waals surface area contributed by atoms with Gasteiger partial charge in [-0.25, -0.2) is 4.39 Å². The average Bonchev–Trinajstić information content (AvgIpc) is 2.41. The number of rotatable bonds is 5. The normalized spacial score (nSPS) is 18.8. The minimum atomic E-state index is -0.191. The molecule has 0 radical (unpaired) electrons. The second-order valence-electron chi connectivity index (χ2n) is 4.49. The zero-order valence-electron chi connectivity index (χ0n) is 10.3. The number of ether oxygens (including phenoxy) is 1. The first-order valence-electron chi connectivity index (χ1n) is 6.22. The topological polar surface area (TPSA) is 47.3 Å². The predicted molar refractivity (Wildman–Crippen MR) is 71.8 cm³/mol. The Morgan fingerprint density at radius 2 is 2.22 bits per heavy atom. The highest BCUT2D eigenvalue weighted by Crippen LogP contribution is 2.25. The highest BCUT2D eigenvalue weighted by Gasteiger charge is 2.23. The van der Waals surface area contributed by atoms with E-state index < -0.39 is 0 Å². The zero-order valence-corrected chi connectivity index (χ0v) is 11.1. The molecule has 3 nitrogen and oxygen atoms in total. The number of halogens is 1. The molecule has 0 spiro atoms. The van der Waals surface area contributed by atoms with Crippen LogP contribution in [0.3, 0.4) is 0 Å². The van der Waals surface area contributed by atoms with Crippen LogP contribution < -0.4 is 11.3 Å². The number of nitrogens with two attached hydrogens (primary N) is 1. The molecule has 1 aromatic rings. The fourth-order valence-electron chi connectivity index (χ4n) is 2.18. The van der Waals surface area contributed by atoms with Crippen molar-refractivity contribution in [2.45, 2.75) is 23.8 Å². The summed E-state index contributed by atoms with van der Waals surface area (Å²) in [6.45, 7) is 1.63. The van der Waals surface area contributed by atoms with Gasteiger partial charge in [-0.3, -0.25) is 11.3 Å². The SMILES string of the molecule is NNC(CSc1cccc(F)c1)C1CCOCC1. The van der Waals surface area contributed by atoms with Crippen molar-refractivity contribution in [1.29, 1.82) is 0 Å². The van der Waals surface area contributed by atoms with Gasteiger partial charge in [0, 0.05) is 29.9 Å².